The third-order valence-electron chi connectivity index (χ3n) is 4.67. The molecule has 2 aliphatic rings. The van der Waals surface area contributed by atoms with Crippen LogP contribution in [-0.4, -0.2) is 31.8 Å². The number of amides is 1. The lowest BCUT2D eigenvalue weighted by atomic mass is 9.87. The smallest absolute Gasteiger partial charge is 0.222 e. The summed E-state index contributed by atoms with van der Waals surface area (Å²) in [6.45, 7) is 2.01. The van der Waals surface area contributed by atoms with Crippen LogP contribution in [0.3, 0.4) is 0 Å². The summed E-state index contributed by atoms with van der Waals surface area (Å²) in [5, 5.41) is 3.15. The molecule has 5 nitrogen and oxygen atoms in total. The fourth-order valence-electron chi connectivity index (χ4n) is 3.41. The summed E-state index contributed by atoms with van der Waals surface area (Å²) in [7, 11) is 0. The molecule has 1 fully saturated rings. The second-order valence-electron chi connectivity index (χ2n) is 6.40. The summed E-state index contributed by atoms with van der Waals surface area (Å²) < 4.78 is 11.1. The number of ether oxygens (including phenoxy) is 2. The molecule has 0 radical (unpaired) electrons. The predicted molar refractivity (Wildman–Crippen MR) is 96.3 cm³/mol. The molecule has 1 aliphatic heterocycles. The fraction of sp³-hybridized carbons (Fsp3) is 0.611. The van der Waals surface area contributed by atoms with Gasteiger partial charge in [0.1, 0.15) is 0 Å². The SMILES string of the molecule is Cl.Nc1ccc2c(c1)CCCC2NC(=O)CCOC1CCOCC1. The zero-order valence-corrected chi connectivity index (χ0v) is 14.8. The van der Waals surface area contributed by atoms with Gasteiger partial charge in [0, 0.05) is 25.3 Å². The number of nitrogen functional groups attached to an aromatic ring is 1. The molecule has 1 unspecified atom stereocenters. The molecule has 0 aromatic heterocycles. The van der Waals surface area contributed by atoms with E-state index in [4.69, 9.17) is 15.2 Å². The van der Waals surface area contributed by atoms with Crippen molar-refractivity contribution in [2.75, 3.05) is 25.6 Å². The van der Waals surface area contributed by atoms with E-state index in [0.717, 1.165) is 51.0 Å². The molecule has 0 spiro atoms. The molecule has 0 saturated carbocycles. The molecule has 1 amide bonds. The Morgan fingerprint density at radius 2 is 2.08 bits per heavy atom. The minimum absolute atomic E-state index is 0. The van der Waals surface area contributed by atoms with Crippen LogP contribution in [0.4, 0.5) is 5.69 Å². The van der Waals surface area contributed by atoms with Crippen molar-refractivity contribution in [1.82, 2.24) is 5.32 Å². The van der Waals surface area contributed by atoms with E-state index >= 15 is 0 Å². The van der Waals surface area contributed by atoms with Crippen molar-refractivity contribution >= 4 is 24.0 Å². The summed E-state index contributed by atoms with van der Waals surface area (Å²) in [6, 6.07) is 6.10. The van der Waals surface area contributed by atoms with Crippen molar-refractivity contribution < 1.29 is 14.3 Å². The van der Waals surface area contributed by atoms with Crippen LogP contribution in [0.15, 0.2) is 18.2 Å². The lowest BCUT2D eigenvalue weighted by molar-refractivity contribution is -0.124. The van der Waals surface area contributed by atoms with Crippen molar-refractivity contribution in [2.24, 2.45) is 0 Å². The van der Waals surface area contributed by atoms with E-state index in [9.17, 15) is 4.79 Å². The monoisotopic (exact) mass is 354 g/mol. The number of hydrogen-bond donors (Lipinski definition) is 2. The first-order chi connectivity index (χ1) is 11.2. The Labute approximate surface area is 149 Å². The molecule has 6 heteroatoms. The van der Waals surface area contributed by atoms with Gasteiger partial charge in [-0.3, -0.25) is 4.79 Å². The highest BCUT2D eigenvalue weighted by Gasteiger charge is 2.22. The lowest BCUT2D eigenvalue weighted by Crippen LogP contribution is -2.32. The molecular weight excluding hydrogens is 328 g/mol. The number of carbonyl (C=O) groups is 1. The van der Waals surface area contributed by atoms with Gasteiger partial charge in [-0.25, -0.2) is 0 Å². The largest absolute Gasteiger partial charge is 0.399 e. The first-order valence-corrected chi connectivity index (χ1v) is 8.59. The van der Waals surface area contributed by atoms with Crippen LogP contribution in [0.2, 0.25) is 0 Å². The van der Waals surface area contributed by atoms with Gasteiger partial charge in [-0.2, -0.15) is 0 Å². The Morgan fingerprint density at radius 3 is 2.88 bits per heavy atom. The molecular formula is C18H27ClN2O3. The van der Waals surface area contributed by atoms with Crippen LogP contribution in [0.1, 0.15) is 49.3 Å². The Morgan fingerprint density at radius 1 is 1.29 bits per heavy atom. The lowest BCUT2D eigenvalue weighted by Gasteiger charge is -2.27. The Kier molecular flexibility index (Phi) is 7.34. The third-order valence-corrected chi connectivity index (χ3v) is 4.67. The summed E-state index contributed by atoms with van der Waals surface area (Å²) in [5.41, 5.74) is 9.12. The molecule has 1 saturated heterocycles. The third kappa shape index (κ3) is 5.10. The minimum atomic E-state index is 0. The Hall–Kier alpha value is -1.30. The molecule has 24 heavy (non-hydrogen) atoms. The van der Waals surface area contributed by atoms with Gasteiger partial charge in [-0.1, -0.05) is 6.07 Å². The number of nitrogens with one attached hydrogen (secondary N) is 1. The van der Waals surface area contributed by atoms with Crippen molar-refractivity contribution in [3.05, 3.63) is 29.3 Å². The van der Waals surface area contributed by atoms with Gasteiger partial charge in [-0.05, 0) is 55.4 Å². The molecule has 1 aromatic rings. The molecule has 1 heterocycles. The Bertz CT molecular complexity index is 547. The maximum atomic E-state index is 12.2. The van der Waals surface area contributed by atoms with Gasteiger partial charge >= 0.3 is 0 Å². The number of hydrogen-bond acceptors (Lipinski definition) is 4. The highest BCUT2D eigenvalue weighted by Crippen LogP contribution is 2.31. The highest BCUT2D eigenvalue weighted by molar-refractivity contribution is 5.85. The van der Waals surface area contributed by atoms with Crippen LogP contribution < -0.4 is 11.1 Å². The molecule has 1 atom stereocenters. The molecule has 1 aliphatic carbocycles. The first kappa shape index (κ1) is 19.0. The van der Waals surface area contributed by atoms with E-state index in [1.807, 2.05) is 18.2 Å². The van der Waals surface area contributed by atoms with Gasteiger partial charge < -0.3 is 20.5 Å². The molecule has 0 bridgehead atoms. The molecule has 3 N–H and O–H groups in total. The zero-order chi connectivity index (χ0) is 16.1. The van der Waals surface area contributed by atoms with E-state index in [0.29, 0.717) is 13.0 Å². The number of benzene rings is 1. The summed E-state index contributed by atoms with van der Waals surface area (Å²) in [4.78, 5) is 12.2. The van der Waals surface area contributed by atoms with Crippen molar-refractivity contribution in [3.63, 3.8) is 0 Å². The van der Waals surface area contributed by atoms with E-state index < -0.39 is 0 Å². The number of fused-ring (bicyclic) bond motifs is 1. The maximum absolute atomic E-state index is 12.2. The van der Waals surface area contributed by atoms with E-state index in [-0.39, 0.29) is 30.5 Å². The van der Waals surface area contributed by atoms with E-state index in [1.165, 1.54) is 11.1 Å². The maximum Gasteiger partial charge on any atom is 0.222 e. The predicted octanol–water partition coefficient (Wildman–Crippen LogP) is 2.77. The van der Waals surface area contributed by atoms with Crippen LogP contribution in [0.5, 0.6) is 0 Å². The zero-order valence-electron chi connectivity index (χ0n) is 14.0. The molecule has 3 rings (SSSR count). The summed E-state index contributed by atoms with van der Waals surface area (Å²) >= 11 is 0. The van der Waals surface area contributed by atoms with Crippen LogP contribution in [0, 0.1) is 0 Å². The van der Waals surface area contributed by atoms with Crippen molar-refractivity contribution in [3.8, 4) is 0 Å². The average Bonchev–Trinajstić information content (AvgIpc) is 2.56. The Balaban J connectivity index is 0.00000208. The number of carbonyl (C=O) groups excluding carboxylic acids is 1. The molecule has 1 aromatic carbocycles. The van der Waals surface area contributed by atoms with Gasteiger partial charge in [0.15, 0.2) is 0 Å². The van der Waals surface area contributed by atoms with E-state index in [1.54, 1.807) is 0 Å². The van der Waals surface area contributed by atoms with Crippen LogP contribution in [0.25, 0.3) is 0 Å². The van der Waals surface area contributed by atoms with Crippen LogP contribution in [-0.2, 0) is 20.7 Å². The van der Waals surface area contributed by atoms with Crippen LogP contribution >= 0.6 is 12.4 Å². The van der Waals surface area contributed by atoms with Gasteiger partial charge in [0.25, 0.3) is 0 Å². The number of nitrogens with two attached hydrogens (primary N) is 1. The van der Waals surface area contributed by atoms with Gasteiger partial charge in [0.05, 0.1) is 18.8 Å². The normalized spacial score (nSPS) is 20.8. The van der Waals surface area contributed by atoms with Gasteiger partial charge in [0.2, 0.25) is 5.91 Å². The summed E-state index contributed by atoms with van der Waals surface area (Å²) in [5.74, 6) is 0.0618. The fourth-order valence-corrected chi connectivity index (χ4v) is 3.41. The standard InChI is InChI=1S/C18H26N2O3.ClH/c19-14-4-5-16-13(12-14)2-1-3-17(16)20-18(21)8-11-23-15-6-9-22-10-7-15;/h4-5,12,15,17H,1-3,6-11,19H2,(H,20,21);1H. The topological polar surface area (TPSA) is 73.6 Å². The average molecular weight is 355 g/mol. The number of anilines is 1. The second-order valence-corrected chi connectivity index (χ2v) is 6.40. The van der Waals surface area contributed by atoms with Crippen molar-refractivity contribution in [2.45, 2.75) is 50.7 Å². The van der Waals surface area contributed by atoms with Crippen molar-refractivity contribution in [1.29, 1.82) is 0 Å². The summed E-state index contributed by atoms with van der Waals surface area (Å²) in [6.07, 6.45) is 5.63. The first-order valence-electron chi connectivity index (χ1n) is 8.59. The second kappa shape index (κ2) is 9.25. The highest BCUT2D eigenvalue weighted by atomic mass is 35.5. The number of halogens is 1. The number of rotatable bonds is 5. The van der Waals surface area contributed by atoms with Gasteiger partial charge in [-0.15, -0.1) is 12.4 Å². The van der Waals surface area contributed by atoms with E-state index in [2.05, 4.69) is 5.32 Å². The quantitative estimate of drug-likeness (QED) is 0.797. The number of aryl methyl sites for hydroxylation is 1. The molecule has 134 valence electrons. The minimum Gasteiger partial charge on any atom is -0.399 e.